The lowest BCUT2D eigenvalue weighted by atomic mass is 9.98. The summed E-state index contributed by atoms with van der Waals surface area (Å²) in [7, 11) is 0. The maximum atomic E-state index is 12.7. The van der Waals surface area contributed by atoms with Crippen LogP contribution in [0.1, 0.15) is 42.4 Å². The van der Waals surface area contributed by atoms with Crippen LogP contribution in [0.5, 0.6) is 5.75 Å². The van der Waals surface area contributed by atoms with E-state index >= 15 is 0 Å². The summed E-state index contributed by atoms with van der Waals surface area (Å²) in [4.78, 5) is 14.4. The first kappa shape index (κ1) is 18.8. The van der Waals surface area contributed by atoms with E-state index in [-0.39, 0.29) is 12.5 Å². The lowest BCUT2D eigenvalue weighted by molar-refractivity contribution is -0.135. The van der Waals surface area contributed by atoms with Gasteiger partial charge in [-0.05, 0) is 60.4 Å². The molecule has 5 heteroatoms. The summed E-state index contributed by atoms with van der Waals surface area (Å²) >= 11 is 0. The summed E-state index contributed by atoms with van der Waals surface area (Å²) in [5.74, 6) is 2.45. The number of carbonyl (C=O) groups excluding carboxylic acids is 1. The molecule has 0 radical (unpaired) electrons. The van der Waals surface area contributed by atoms with Crippen LogP contribution in [0.3, 0.4) is 0 Å². The van der Waals surface area contributed by atoms with Gasteiger partial charge in [-0.15, -0.1) is 0 Å². The highest BCUT2D eigenvalue weighted by atomic mass is 16.5. The van der Waals surface area contributed by atoms with Gasteiger partial charge in [-0.2, -0.15) is 0 Å². The molecule has 5 nitrogen and oxygen atoms in total. The summed E-state index contributed by atoms with van der Waals surface area (Å²) in [6.07, 6.45) is 3.20. The second-order valence-corrected chi connectivity index (χ2v) is 6.87. The molecular formula is C22H25NO4. The smallest absolute Gasteiger partial charge is 0.261 e. The highest BCUT2D eigenvalue weighted by molar-refractivity contribution is 5.77. The Morgan fingerprint density at radius 1 is 1.04 bits per heavy atom. The van der Waals surface area contributed by atoms with Crippen molar-refractivity contribution in [1.29, 1.82) is 0 Å². The molecule has 2 heterocycles. The minimum absolute atomic E-state index is 0.0398. The predicted molar refractivity (Wildman–Crippen MR) is 102 cm³/mol. The van der Waals surface area contributed by atoms with Gasteiger partial charge in [0.25, 0.3) is 5.91 Å². The zero-order chi connectivity index (χ0) is 19.2. The minimum atomic E-state index is -0.131. The van der Waals surface area contributed by atoms with Crippen molar-refractivity contribution in [2.75, 3.05) is 6.61 Å². The van der Waals surface area contributed by atoms with E-state index in [0.29, 0.717) is 36.3 Å². The van der Waals surface area contributed by atoms with Gasteiger partial charge in [0.05, 0.1) is 25.6 Å². The Labute approximate surface area is 159 Å². The van der Waals surface area contributed by atoms with Crippen LogP contribution < -0.4 is 4.74 Å². The summed E-state index contributed by atoms with van der Waals surface area (Å²) in [5, 5.41) is 0. The molecule has 1 amide bonds. The van der Waals surface area contributed by atoms with Gasteiger partial charge in [0, 0.05) is 0 Å². The van der Waals surface area contributed by atoms with Gasteiger partial charge in [-0.25, -0.2) is 0 Å². The number of rotatable bonds is 8. The van der Waals surface area contributed by atoms with Crippen LogP contribution >= 0.6 is 0 Å². The lowest BCUT2D eigenvalue weighted by Crippen LogP contribution is -2.33. The molecule has 0 unspecified atom stereocenters. The molecule has 0 fully saturated rings. The average Bonchev–Trinajstić information content (AvgIpc) is 3.33. The van der Waals surface area contributed by atoms with E-state index in [1.54, 1.807) is 29.6 Å². The van der Waals surface area contributed by atoms with E-state index < -0.39 is 0 Å². The SMILES string of the molecule is Cc1cc(OCC(=O)N(Cc2ccco2)Cc2ccco2)ccc1C(C)C. The molecule has 142 valence electrons. The molecule has 0 spiro atoms. The Bertz CT molecular complexity index is 814. The molecule has 2 aromatic heterocycles. The molecule has 3 rings (SSSR count). The molecule has 27 heavy (non-hydrogen) atoms. The largest absolute Gasteiger partial charge is 0.484 e. The monoisotopic (exact) mass is 367 g/mol. The number of aryl methyl sites for hydroxylation is 1. The number of carbonyl (C=O) groups is 1. The summed E-state index contributed by atoms with van der Waals surface area (Å²) in [6.45, 7) is 7.06. The Morgan fingerprint density at radius 3 is 2.15 bits per heavy atom. The van der Waals surface area contributed by atoms with Crippen LogP contribution in [-0.2, 0) is 17.9 Å². The van der Waals surface area contributed by atoms with E-state index in [9.17, 15) is 4.79 Å². The molecule has 0 saturated carbocycles. The first-order valence-electron chi connectivity index (χ1n) is 9.09. The van der Waals surface area contributed by atoms with Gasteiger partial charge in [-0.3, -0.25) is 4.79 Å². The number of benzene rings is 1. The third kappa shape index (κ3) is 5.03. The Morgan fingerprint density at radius 2 is 1.67 bits per heavy atom. The van der Waals surface area contributed by atoms with Gasteiger partial charge in [0.1, 0.15) is 17.3 Å². The number of nitrogens with zero attached hydrogens (tertiary/aromatic N) is 1. The normalized spacial score (nSPS) is 11.0. The zero-order valence-corrected chi connectivity index (χ0v) is 16.0. The number of hydrogen-bond donors (Lipinski definition) is 0. The van der Waals surface area contributed by atoms with Crippen LogP contribution in [0.4, 0.5) is 0 Å². The van der Waals surface area contributed by atoms with Gasteiger partial charge in [0.15, 0.2) is 6.61 Å². The second kappa shape index (κ2) is 8.62. The third-order valence-corrected chi connectivity index (χ3v) is 4.43. The quantitative estimate of drug-likeness (QED) is 0.567. The summed E-state index contributed by atoms with van der Waals surface area (Å²) < 4.78 is 16.5. The van der Waals surface area contributed by atoms with Crippen molar-refractivity contribution < 1.29 is 18.4 Å². The molecule has 0 aliphatic carbocycles. The highest BCUT2D eigenvalue weighted by Crippen LogP contribution is 2.23. The zero-order valence-electron chi connectivity index (χ0n) is 16.0. The third-order valence-electron chi connectivity index (χ3n) is 4.43. The minimum Gasteiger partial charge on any atom is -0.484 e. The van der Waals surface area contributed by atoms with Crippen LogP contribution in [-0.4, -0.2) is 17.4 Å². The fourth-order valence-electron chi connectivity index (χ4n) is 3.04. The standard InChI is InChI=1S/C22H25NO4/c1-16(2)21-9-8-18(12-17(21)3)27-15-22(24)23(13-19-6-4-10-25-19)14-20-7-5-11-26-20/h4-12,16H,13-15H2,1-3H3. The lowest BCUT2D eigenvalue weighted by Gasteiger charge is -2.21. The molecule has 0 aliphatic rings. The topological polar surface area (TPSA) is 55.8 Å². The first-order valence-corrected chi connectivity index (χ1v) is 9.09. The summed E-state index contributed by atoms with van der Waals surface area (Å²) in [6, 6.07) is 13.3. The van der Waals surface area contributed by atoms with E-state index in [4.69, 9.17) is 13.6 Å². The van der Waals surface area contributed by atoms with E-state index in [1.807, 2.05) is 24.3 Å². The molecule has 3 aromatic rings. The van der Waals surface area contributed by atoms with Gasteiger partial charge in [-0.1, -0.05) is 19.9 Å². The molecule has 1 aromatic carbocycles. The average molecular weight is 367 g/mol. The van der Waals surface area contributed by atoms with E-state index in [2.05, 4.69) is 26.8 Å². The Hall–Kier alpha value is -2.95. The van der Waals surface area contributed by atoms with Crippen molar-refractivity contribution in [2.45, 2.75) is 39.8 Å². The van der Waals surface area contributed by atoms with Gasteiger partial charge >= 0.3 is 0 Å². The molecule has 0 aliphatic heterocycles. The van der Waals surface area contributed by atoms with E-state index in [0.717, 1.165) is 5.56 Å². The van der Waals surface area contributed by atoms with Crippen molar-refractivity contribution in [3.63, 3.8) is 0 Å². The molecule has 0 bridgehead atoms. The van der Waals surface area contributed by atoms with Crippen molar-refractivity contribution in [3.05, 3.63) is 77.6 Å². The van der Waals surface area contributed by atoms with Crippen molar-refractivity contribution in [2.24, 2.45) is 0 Å². The number of ether oxygens (including phenoxy) is 1. The van der Waals surface area contributed by atoms with Crippen molar-refractivity contribution in [3.8, 4) is 5.75 Å². The van der Waals surface area contributed by atoms with Crippen LogP contribution in [0.15, 0.2) is 63.8 Å². The molecular weight excluding hydrogens is 342 g/mol. The molecule has 0 saturated heterocycles. The Balaban J connectivity index is 1.65. The first-order chi connectivity index (χ1) is 13.0. The number of furan rings is 2. The van der Waals surface area contributed by atoms with Crippen molar-refractivity contribution in [1.82, 2.24) is 4.90 Å². The fraction of sp³-hybridized carbons (Fsp3) is 0.318. The van der Waals surface area contributed by atoms with E-state index in [1.165, 1.54) is 5.56 Å². The Kier molecular flexibility index (Phi) is 6.01. The fourth-order valence-corrected chi connectivity index (χ4v) is 3.04. The summed E-state index contributed by atoms with van der Waals surface area (Å²) in [5.41, 5.74) is 2.45. The van der Waals surface area contributed by atoms with Crippen LogP contribution in [0, 0.1) is 6.92 Å². The predicted octanol–water partition coefficient (Wildman–Crippen LogP) is 4.91. The molecule has 0 atom stereocenters. The van der Waals surface area contributed by atoms with Gasteiger partial charge < -0.3 is 18.5 Å². The number of amides is 1. The highest BCUT2D eigenvalue weighted by Gasteiger charge is 2.18. The van der Waals surface area contributed by atoms with Crippen LogP contribution in [0.25, 0.3) is 0 Å². The maximum absolute atomic E-state index is 12.7. The van der Waals surface area contributed by atoms with Crippen molar-refractivity contribution >= 4 is 5.91 Å². The second-order valence-electron chi connectivity index (χ2n) is 6.87. The maximum Gasteiger partial charge on any atom is 0.261 e. The van der Waals surface area contributed by atoms with Crippen LogP contribution in [0.2, 0.25) is 0 Å². The van der Waals surface area contributed by atoms with Gasteiger partial charge in [0.2, 0.25) is 0 Å². The molecule has 0 N–H and O–H groups in total. The number of hydrogen-bond acceptors (Lipinski definition) is 4.